The topological polar surface area (TPSA) is 50.4 Å². The SMILES string of the molecule is CC/C(C)=C(/CCOc1ccc(CCC(C)=O)c2c1CNC2)Nc1cccc(-c2ccccc2)c1.CCCCS. The quantitative estimate of drug-likeness (QED) is 0.184. The van der Waals surface area contributed by atoms with Gasteiger partial charge in [0.2, 0.25) is 0 Å². The lowest BCUT2D eigenvalue weighted by Crippen LogP contribution is -2.09. The zero-order valence-electron chi connectivity index (χ0n) is 24.7. The van der Waals surface area contributed by atoms with E-state index in [0.29, 0.717) is 13.0 Å². The number of carbonyl (C=O) groups excluding carboxylic acids is 1. The molecule has 1 aliphatic heterocycles. The Labute approximate surface area is 247 Å². The summed E-state index contributed by atoms with van der Waals surface area (Å²) in [5, 5.41) is 7.12. The van der Waals surface area contributed by atoms with Gasteiger partial charge in [0.1, 0.15) is 11.5 Å². The highest BCUT2D eigenvalue weighted by Gasteiger charge is 2.19. The van der Waals surface area contributed by atoms with Crippen molar-refractivity contribution in [2.24, 2.45) is 0 Å². The number of thiol groups is 1. The lowest BCUT2D eigenvalue weighted by molar-refractivity contribution is -0.116. The zero-order chi connectivity index (χ0) is 28.7. The van der Waals surface area contributed by atoms with Gasteiger partial charge in [-0.2, -0.15) is 12.6 Å². The monoisotopic (exact) mass is 558 g/mol. The van der Waals surface area contributed by atoms with Crippen LogP contribution in [0, 0.1) is 0 Å². The number of carbonyl (C=O) groups is 1. The van der Waals surface area contributed by atoms with Crippen molar-refractivity contribution in [1.82, 2.24) is 5.32 Å². The maximum absolute atomic E-state index is 11.4. The number of rotatable bonds is 13. The van der Waals surface area contributed by atoms with Gasteiger partial charge in [-0.1, -0.05) is 74.4 Å². The van der Waals surface area contributed by atoms with Crippen LogP contribution in [-0.4, -0.2) is 18.1 Å². The minimum absolute atomic E-state index is 0.234. The van der Waals surface area contributed by atoms with Crippen molar-refractivity contribution in [3.8, 4) is 16.9 Å². The molecule has 0 spiro atoms. The van der Waals surface area contributed by atoms with E-state index in [9.17, 15) is 4.79 Å². The summed E-state index contributed by atoms with van der Waals surface area (Å²) in [6, 6.07) is 23.2. The highest BCUT2D eigenvalue weighted by Crippen LogP contribution is 2.31. The van der Waals surface area contributed by atoms with E-state index < -0.39 is 0 Å². The smallest absolute Gasteiger partial charge is 0.130 e. The van der Waals surface area contributed by atoms with E-state index in [1.807, 2.05) is 6.07 Å². The Balaban J connectivity index is 0.000000810. The summed E-state index contributed by atoms with van der Waals surface area (Å²) in [6.07, 6.45) is 5.71. The number of hydrogen-bond acceptors (Lipinski definition) is 5. The molecule has 40 heavy (non-hydrogen) atoms. The number of hydrogen-bond donors (Lipinski definition) is 3. The van der Waals surface area contributed by atoms with Gasteiger partial charge in [-0.25, -0.2) is 0 Å². The van der Waals surface area contributed by atoms with E-state index in [0.717, 1.165) is 49.5 Å². The number of ether oxygens (including phenoxy) is 1. The molecular weight excluding hydrogens is 512 g/mol. The fourth-order valence-corrected chi connectivity index (χ4v) is 5.04. The standard InChI is InChI=1S/C31H36N2O2.C4H10S/c1-4-22(2)30(33-27-12-8-11-26(19-27)24-9-6-5-7-10-24)17-18-35-31-16-15-25(14-13-23(3)34)28-20-32-21-29(28)31;1-2-3-4-5/h5-12,15-16,19,32-33H,4,13-14,17-18,20-21H2,1-3H3;5H,2-4H2,1H3/b30-22-;. The first-order chi connectivity index (χ1) is 19.5. The molecule has 0 atom stereocenters. The molecule has 0 radical (unpaired) electrons. The number of anilines is 1. The molecule has 1 aliphatic rings. The summed E-state index contributed by atoms with van der Waals surface area (Å²) in [6.45, 7) is 10.5. The number of ketones is 1. The predicted octanol–water partition coefficient (Wildman–Crippen LogP) is 8.76. The van der Waals surface area contributed by atoms with Gasteiger partial charge in [-0.05, 0) is 79.3 Å². The molecule has 0 saturated carbocycles. The maximum Gasteiger partial charge on any atom is 0.130 e. The Bertz CT molecular complexity index is 1250. The Morgan fingerprint density at radius 1 is 0.925 bits per heavy atom. The fourth-order valence-electron chi connectivity index (χ4n) is 4.73. The fraction of sp³-hybridized carbons (Fsp3) is 0.400. The lowest BCUT2D eigenvalue weighted by atomic mass is 9.98. The largest absolute Gasteiger partial charge is 0.493 e. The highest BCUT2D eigenvalue weighted by atomic mass is 32.1. The number of Topliss-reactive ketones (excluding diaryl/α,β-unsaturated/α-hetero) is 1. The Morgan fingerprint density at radius 3 is 2.35 bits per heavy atom. The van der Waals surface area contributed by atoms with Gasteiger partial charge >= 0.3 is 0 Å². The van der Waals surface area contributed by atoms with Crippen LogP contribution >= 0.6 is 12.6 Å². The zero-order valence-corrected chi connectivity index (χ0v) is 25.6. The van der Waals surface area contributed by atoms with Gasteiger partial charge in [-0.3, -0.25) is 0 Å². The molecule has 0 fully saturated rings. The minimum Gasteiger partial charge on any atom is -0.493 e. The molecule has 4 rings (SSSR count). The van der Waals surface area contributed by atoms with Crippen molar-refractivity contribution < 1.29 is 9.53 Å². The van der Waals surface area contributed by atoms with E-state index in [2.05, 4.69) is 105 Å². The summed E-state index contributed by atoms with van der Waals surface area (Å²) < 4.78 is 6.30. The molecule has 5 heteroatoms. The van der Waals surface area contributed by atoms with Crippen LogP contribution in [0.1, 0.15) is 76.5 Å². The van der Waals surface area contributed by atoms with E-state index in [1.54, 1.807) is 6.92 Å². The summed E-state index contributed by atoms with van der Waals surface area (Å²) in [5.74, 6) is 2.23. The minimum atomic E-state index is 0.234. The summed E-state index contributed by atoms with van der Waals surface area (Å²) >= 11 is 4.00. The molecule has 3 aromatic rings. The normalized spacial score (nSPS) is 12.6. The highest BCUT2D eigenvalue weighted by molar-refractivity contribution is 7.80. The second-order valence-electron chi connectivity index (χ2n) is 10.3. The van der Waals surface area contributed by atoms with Gasteiger partial charge < -0.3 is 20.2 Å². The molecule has 0 aromatic heterocycles. The van der Waals surface area contributed by atoms with Crippen LogP contribution in [0.2, 0.25) is 0 Å². The third kappa shape index (κ3) is 9.57. The van der Waals surface area contributed by atoms with Gasteiger partial charge in [-0.15, -0.1) is 0 Å². The summed E-state index contributed by atoms with van der Waals surface area (Å²) in [7, 11) is 0. The van der Waals surface area contributed by atoms with Crippen LogP contribution < -0.4 is 15.4 Å². The molecule has 3 aromatic carbocycles. The van der Waals surface area contributed by atoms with E-state index in [-0.39, 0.29) is 5.78 Å². The van der Waals surface area contributed by atoms with E-state index in [1.165, 1.54) is 51.9 Å². The van der Waals surface area contributed by atoms with Gasteiger partial charge in [0, 0.05) is 42.9 Å². The first kappa shape index (κ1) is 31.5. The average molecular weight is 559 g/mol. The number of benzene rings is 3. The van der Waals surface area contributed by atoms with E-state index >= 15 is 0 Å². The second kappa shape index (κ2) is 16.9. The van der Waals surface area contributed by atoms with Crippen LogP contribution in [0.3, 0.4) is 0 Å². The van der Waals surface area contributed by atoms with Crippen molar-refractivity contribution in [1.29, 1.82) is 0 Å². The molecule has 2 N–H and O–H groups in total. The third-order valence-corrected chi connectivity index (χ3v) is 7.58. The molecule has 0 unspecified atom stereocenters. The molecule has 0 saturated heterocycles. The summed E-state index contributed by atoms with van der Waals surface area (Å²) in [4.78, 5) is 11.4. The van der Waals surface area contributed by atoms with Crippen LogP contribution in [0.25, 0.3) is 11.1 Å². The van der Waals surface area contributed by atoms with Crippen LogP contribution in [-0.2, 0) is 24.3 Å². The van der Waals surface area contributed by atoms with Crippen LogP contribution in [0.4, 0.5) is 5.69 Å². The molecule has 4 nitrogen and oxygen atoms in total. The lowest BCUT2D eigenvalue weighted by Gasteiger charge is -2.17. The molecule has 214 valence electrons. The molecular formula is C35H46N2O2S. The Hall–Kier alpha value is -3.02. The number of aryl methyl sites for hydroxylation is 1. The Morgan fingerprint density at radius 2 is 1.68 bits per heavy atom. The Kier molecular flexibility index (Phi) is 13.3. The number of unbranched alkanes of at least 4 members (excludes halogenated alkanes) is 1. The average Bonchev–Trinajstić information content (AvgIpc) is 3.48. The molecule has 1 heterocycles. The molecule has 0 amide bonds. The van der Waals surface area contributed by atoms with Crippen molar-refractivity contribution >= 4 is 24.1 Å². The van der Waals surface area contributed by atoms with Crippen molar-refractivity contribution in [2.75, 3.05) is 17.7 Å². The van der Waals surface area contributed by atoms with Crippen molar-refractivity contribution in [3.63, 3.8) is 0 Å². The van der Waals surface area contributed by atoms with Crippen LogP contribution in [0.5, 0.6) is 5.75 Å². The van der Waals surface area contributed by atoms with Gasteiger partial charge in [0.25, 0.3) is 0 Å². The number of fused-ring (bicyclic) bond motifs is 1. The maximum atomic E-state index is 11.4. The predicted molar refractivity (Wildman–Crippen MR) is 173 cm³/mol. The summed E-state index contributed by atoms with van der Waals surface area (Å²) in [5.41, 5.74) is 9.87. The van der Waals surface area contributed by atoms with Crippen LogP contribution in [0.15, 0.2) is 78.0 Å². The molecule has 0 bridgehead atoms. The first-order valence-electron chi connectivity index (χ1n) is 14.6. The number of allylic oxidation sites excluding steroid dienone is 1. The van der Waals surface area contributed by atoms with E-state index in [4.69, 9.17) is 4.74 Å². The molecule has 0 aliphatic carbocycles. The number of nitrogens with one attached hydrogen (secondary N) is 2. The third-order valence-electron chi connectivity index (χ3n) is 7.27. The van der Waals surface area contributed by atoms with Gasteiger partial charge in [0.05, 0.1) is 6.61 Å². The first-order valence-corrected chi connectivity index (χ1v) is 15.3. The van der Waals surface area contributed by atoms with Gasteiger partial charge in [0.15, 0.2) is 0 Å². The van der Waals surface area contributed by atoms with Crippen molar-refractivity contribution in [3.05, 3.63) is 94.7 Å². The van der Waals surface area contributed by atoms with Crippen molar-refractivity contribution in [2.45, 2.75) is 79.3 Å². The second-order valence-corrected chi connectivity index (χ2v) is 10.8.